The van der Waals surface area contributed by atoms with Gasteiger partial charge in [0.25, 0.3) is 6.47 Å². The van der Waals surface area contributed by atoms with Crippen LogP contribution in [0.4, 0.5) is 0 Å². The van der Waals surface area contributed by atoms with Crippen molar-refractivity contribution in [3.8, 4) is 0 Å². The van der Waals surface area contributed by atoms with E-state index in [1.165, 1.54) is 37.0 Å². The summed E-state index contributed by atoms with van der Waals surface area (Å²) in [5.74, 6) is -1.38. The van der Waals surface area contributed by atoms with Crippen molar-refractivity contribution in [1.82, 2.24) is 19.0 Å². The van der Waals surface area contributed by atoms with E-state index in [0.29, 0.717) is 17.0 Å². The number of sulfonamides is 1. The van der Waals surface area contributed by atoms with Gasteiger partial charge in [0.15, 0.2) is 0 Å². The zero-order chi connectivity index (χ0) is 32.0. The normalized spacial score (nSPS) is 21.4. The number of hydrogen-bond donors (Lipinski definition) is 1. The summed E-state index contributed by atoms with van der Waals surface area (Å²) >= 11 is 6.07. The highest BCUT2D eigenvalue weighted by Crippen LogP contribution is 2.30. The first-order valence-corrected chi connectivity index (χ1v) is 16.5. The average molecular weight is 651 g/mol. The molecule has 2 aromatic carbocycles. The number of nitrogens with zero attached hydrogens (tertiary/aromatic N) is 4. The molecule has 3 aliphatic rings. The van der Waals surface area contributed by atoms with Crippen LogP contribution in [0.1, 0.15) is 39.0 Å². The molecule has 12 nitrogen and oxygen atoms in total. The molecule has 0 unspecified atom stereocenters. The Morgan fingerprint density at radius 3 is 2.41 bits per heavy atom. The minimum atomic E-state index is -4.28. The number of fused-ring (bicyclic) bond motifs is 1. The fraction of sp³-hybridized carbons (Fsp3) is 0.533. The van der Waals surface area contributed by atoms with Crippen molar-refractivity contribution in [3.63, 3.8) is 0 Å². The van der Waals surface area contributed by atoms with Crippen molar-refractivity contribution in [2.45, 2.75) is 62.0 Å². The molecule has 44 heavy (non-hydrogen) atoms. The minimum Gasteiger partial charge on any atom is -0.483 e. The highest BCUT2D eigenvalue weighted by molar-refractivity contribution is 7.89. The zero-order valence-corrected chi connectivity index (χ0v) is 26.5. The Kier molecular flexibility index (Phi) is 11.2. The number of methoxy groups -OCH3 is 1. The topological polar surface area (TPSA) is 145 Å². The number of carboxylic acid groups (broad SMARTS) is 1. The van der Waals surface area contributed by atoms with E-state index in [2.05, 4.69) is 4.90 Å². The van der Waals surface area contributed by atoms with E-state index in [9.17, 15) is 22.8 Å². The number of rotatable bonds is 9. The van der Waals surface area contributed by atoms with Crippen LogP contribution in [0.15, 0.2) is 41.3 Å². The van der Waals surface area contributed by atoms with Gasteiger partial charge in [0, 0.05) is 30.7 Å². The second kappa shape index (κ2) is 14.7. The van der Waals surface area contributed by atoms with Crippen molar-refractivity contribution < 1.29 is 37.4 Å². The van der Waals surface area contributed by atoms with Gasteiger partial charge in [0.05, 0.1) is 12.0 Å². The highest BCUT2D eigenvalue weighted by atomic mass is 35.5. The van der Waals surface area contributed by atoms with Gasteiger partial charge in [0.2, 0.25) is 21.8 Å². The van der Waals surface area contributed by atoms with Crippen molar-refractivity contribution in [1.29, 1.82) is 0 Å². The van der Waals surface area contributed by atoms with E-state index in [4.69, 9.17) is 26.2 Å². The molecule has 3 saturated heterocycles. The zero-order valence-electron chi connectivity index (χ0n) is 24.9. The minimum absolute atomic E-state index is 0.0478. The lowest BCUT2D eigenvalue weighted by molar-refractivity contribution is -0.146. The van der Waals surface area contributed by atoms with Gasteiger partial charge in [-0.05, 0) is 87.2 Å². The molecule has 3 aliphatic heterocycles. The number of esters is 1. The summed E-state index contributed by atoms with van der Waals surface area (Å²) in [4.78, 5) is 53.8. The van der Waals surface area contributed by atoms with Crippen molar-refractivity contribution in [3.05, 3.63) is 41.4 Å². The summed E-state index contributed by atoms with van der Waals surface area (Å²) < 4.78 is 33.5. The number of halogens is 1. The molecule has 240 valence electrons. The van der Waals surface area contributed by atoms with E-state index in [1.807, 2.05) is 4.90 Å². The van der Waals surface area contributed by atoms with Crippen LogP contribution in [0.5, 0.6) is 0 Å². The van der Waals surface area contributed by atoms with Gasteiger partial charge in [-0.1, -0.05) is 23.7 Å². The van der Waals surface area contributed by atoms with E-state index < -0.39 is 40.5 Å². The average Bonchev–Trinajstić information content (AvgIpc) is 3.77. The van der Waals surface area contributed by atoms with Crippen molar-refractivity contribution in [2.24, 2.45) is 0 Å². The Morgan fingerprint density at radius 1 is 1.07 bits per heavy atom. The summed E-state index contributed by atoms with van der Waals surface area (Å²) in [5, 5.41) is 8.83. The second-order valence-electron chi connectivity index (χ2n) is 11.2. The molecule has 0 saturated carbocycles. The number of ether oxygens (including phenoxy) is 1. The predicted octanol–water partition coefficient (Wildman–Crippen LogP) is 2.43. The van der Waals surface area contributed by atoms with E-state index in [0.717, 1.165) is 42.2 Å². The Hall–Kier alpha value is -3.26. The first-order valence-electron chi connectivity index (χ1n) is 14.7. The smallest absolute Gasteiger partial charge is 0.321 e. The van der Waals surface area contributed by atoms with Crippen LogP contribution in [0.3, 0.4) is 0 Å². The maximum absolute atomic E-state index is 13.9. The first kappa shape index (κ1) is 33.6. The summed E-state index contributed by atoms with van der Waals surface area (Å²) in [7, 11) is -3.11. The highest BCUT2D eigenvalue weighted by Gasteiger charge is 2.46. The molecule has 2 amide bonds. The molecule has 0 aliphatic carbocycles. The molecular formula is C30H39ClN4O8S. The van der Waals surface area contributed by atoms with Gasteiger partial charge in [0.1, 0.15) is 18.6 Å². The Balaban J connectivity index is 0.00000141. The molecular weight excluding hydrogens is 612 g/mol. The number of amides is 2. The number of benzene rings is 2. The van der Waals surface area contributed by atoms with Crippen molar-refractivity contribution in [2.75, 3.05) is 46.4 Å². The van der Waals surface area contributed by atoms with Gasteiger partial charge in [-0.2, -0.15) is 4.31 Å². The van der Waals surface area contributed by atoms with Crippen LogP contribution in [0.2, 0.25) is 5.02 Å². The van der Waals surface area contributed by atoms with Crippen LogP contribution in [-0.4, -0.2) is 121 Å². The summed E-state index contributed by atoms with van der Waals surface area (Å²) in [6, 6.07) is 7.95. The summed E-state index contributed by atoms with van der Waals surface area (Å²) in [6.07, 6.45) is 4.39. The van der Waals surface area contributed by atoms with Crippen LogP contribution in [0, 0.1) is 0 Å². The Bertz CT molecular complexity index is 1480. The third kappa shape index (κ3) is 7.33. The van der Waals surface area contributed by atoms with Crippen molar-refractivity contribution >= 4 is 56.7 Å². The SMILES string of the molecule is COC(=O)CN([C@H]1CCN([C@@H](C)C(=O)N2CCC[C@H]2CN2CCCC2)C1=O)S(=O)(=O)c1ccc2cc(Cl)ccc2c1.O=CO. The molecule has 0 bridgehead atoms. The van der Waals surface area contributed by atoms with Gasteiger partial charge >= 0.3 is 5.97 Å². The van der Waals surface area contributed by atoms with Crippen LogP contribution < -0.4 is 0 Å². The second-order valence-corrected chi connectivity index (χ2v) is 13.6. The van der Waals surface area contributed by atoms with E-state index in [1.54, 1.807) is 31.2 Å². The van der Waals surface area contributed by atoms with Gasteiger partial charge in [-0.25, -0.2) is 8.42 Å². The quantitative estimate of drug-likeness (QED) is 0.320. The lowest BCUT2D eigenvalue weighted by Gasteiger charge is -2.33. The Labute approximate surface area is 262 Å². The fourth-order valence-corrected chi connectivity index (χ4v) is 8.11. The van der Waals surface area contributed by atoms with Crippen LogP contribution in [-0.2, 0) is 33.9 Å². The van der Waals surface area contributed by atoms with Crippen LogP contribution in [0.25, 0.3) is 10.8 Å². The van der Waals surface area contributed by atoms with Gasteiger partial charge in [-0.3, -0.25) is 19.2 Å². The predicted molar refractivity (Wildman–Crippen MR) is 164 cm³/mol. The molecule has 0 aromatic heterocycles. The number of hydrogen-bond acceptors (Lipinski definition) is 8. The monoisotopic (exact) mass is 650 g/mol. The van der Waals surface area contributed by atoms with Gasteiger partial charge < -0.3 is 24.5 Å². The summed E-state index contributed by atoms with van der Waals surface area (Å²) in [5.41, 5.74) is 0. The first-order chi connectivity index (χ1) is 21.0. The molecule has 2 aromatic rings. The molecule has 0 spiro atoms. The summed E-state index contributed by atoms with van der Waals surface area (Å²) in [6.45, 7) is 4.66. The fourth-order valence-electron chi connectivity index (χ4n) is 6.34. The molecule has 0 radical (unpaired) electrons. The van der Waals surface area contributed by atoms with Crippen LogP contribution >= 0.6 is 11.6 Å². The third-order valence-corrected chi connectivity index (χ3v) is 10.7. The maximum atomic E-state index is 13.9. The molecule has 5 rings (SSSR count). The van der Waals surface area contributed by atoms with E-state index >= 15 is 0 Å². The molecule has 3 fully saturated rings. The number of likely N-dealkylation sites (tertiary alicyclic amines) is 3. The molecule has 14 heteroatoms. The molecule has 3 atom stereocenters. The van der Waals surface area contributed by atoms with Gasteiger partial charge in [-0.15, -0.1) is 0 Å². The lowest BCUT2D eigenvalue weighted by Crippen LogP contribution is -2.53. The lowest BCUT2D eigenvalue weighted by atomic mass is 10.1. The Morgan fingerprint density at radius 2 is 1.73 bits per heavy atom. The number of carbonyl (C=O) groups is 4. The standard InChI is InChI=1S/C29H37ClN4O6S.CH2O2/c1-20(28(36)33-14-5-6-24(33)18-31-12-3-4-13-31)32-15-11-26(29(32)37)34(19-27(35)40-2)41(38,39)25-10-8-21-16-23(30)9-7-22(21)17-25;2-1-3/h7-10,16-17,20,24,26H,3-6,11-15,18-19H2,1-2H3;1H,(H,2,3)/t20-,24-,26-;/m0./s1. The third-order valence-electron chi connectivity index (χ3n) is 8.60. The largest absolute Gasteiger partial charge is 0.483 e. The van der Waals surface area contributed by atoms with E-state index in [-0.39, 0.29) is 36.3 Å². The molecule has 3 heterocycles. The maximum Gasteiger partial charge on any atom is 0.321 e. The number of carbonyl (C=O) groups excluding carboxylic acids is 3. The molecule has 1 N–H and O–H groups in total.